The number of benzene rings is 2. The van der Waals surface area contributed by atoms with E-state index in [1.807, 2.05) is 25.1 Å². The van der Waals surface area contributed by atoms with Crippen LogP contribution in [-0.2, 0) is 20.7 Å². The molecule has 37 heavy (non-hydrogen) atoms. The van der Waals surface area contributed by atoms with Crippen molar-refractivity contribution in [2.75, 3.05) is 12.4 Å². The van der Waals surface area contributed by atoms with E-state index in [1.165, 1.54) is 6.42 Å². The third-order valence-electron chi connectivity index (χ3n) is 7.19. The highest BCUT2D eigenvalue weighted by Crippen LogP contribution is 2.48. The molecule has 0 aliphatic heterocycles. The summed E-state index contributed by atoms with van der Waals surface area (Å²) in [5.41, 5.74) is 9.65. The van der Waals surface area contributed by atoms with Gasteiger partial charge >= 0.3 is 5.97 Å². The Kier molecular flexibility index (Phi) is 12.6. The van der Waals surface area contributed by atoms with Gasteiger partial charge in [-0.1, -0.05) is 115 Å². The molecule has 0 saturated heterocycles. The Labute approximate surface area is 231 Å². The van der Waals surface area contributed by atoms with Crippen molar-refractivity contribution in [2.45, 2.75) is 88.8 Å². The second kappa shape index (κ2) is 15.6. The Balaban J connectivity index is 1.69. The van der Waals surface area contributed by atoms with Gasteiger partial charge in [-0.15, -0.1) is 0 Å². The van der Waals surface area contributed by atoms with E-state index in [4.69, 9.17) is 10.5 Å². The maximum Gasteiger partial charge on any atom is 0.309 e. The first kappa shape index (κ1) is 29.8. The topological polar surface area (TPSA) is 69.4 Å². The van der Waals surface area contributed by atoms with Crippen LogP contribution in [0.25, 0.3) is 11.1 Å². The minimum atomic E-state index is -0.466. The molecule has 3 rings (SSSR count). The van der Waals surface area contributed by atoms with Crippen LogP contribution in [0.1, 0.15) is 77.2 Å². The van der Waals surface area contributed by atoms with E-state index in [1.54, 1.807) is 21.6 Å². The highest BCUT2D eigenvalue weighted by molar-refractivity contribution is 8.77. The van der Waals surface area contributed by atoms with Crippen molar-refractivity contribution in [1.29, 1.82) is 0 Å². The molecule has 1 fully saturated rings. The number of hydrogen-bond donors (Lipinski definition) is 1. The Morgan fingerprint density at radius 3 is 2.30 bits per heavy atom. The molecule has 0 spiro atoms. The monoisotopic (exact) mass is 541 g/mol. The van der Waals surface area contributed by atoms with Crippen molar-refractivity contribution < 1.29 is 14.3 Å². The third kappa shape index (κ3) is 9.19. The number of hydrogen-bond acceptors (Lipinski definition) is 6. The second-order valence-corrected chi connectivity index (χ2v) is 12.9. The van der Waals surface area contributed by atoms with Gasteiger partial charge in [-0.3, -0.25) is 9.59 Å². The van der Waals surface area contributed by atoms with Gasteiger partial charge in [0.15, 0.2) is 5.78 Å². The van der Waals surface area contributed by atoms with E-state index in [2.05, 4.69) is 43.3 Å². The maximum atomic E-state index is 13.8. The summed E-state index contributed by atoms with van der Waals surface area (Å²) in [6.45, 7) is 4.33. The van der Waals surface area contributed by atoms with Crippen LogP contribution in [0.3, 0.4) is 0 Å². The first-order valence-electron chi connectivity index (χ1n) is 13.9. The average Bonchev–Trinajstić information content (AvgIpc) is 2.93. The molecular weight excluding hydrogens is 498 g/mol. The number of ether oxygens (including phenoxy) is 1. The molecule has 0 bridgehead atoms. The van der Waals surface area contributed by atoms with Crippen molar-refractivity contribution in [1.82, 2.24) is 0 Å². The molecule has 1 saturated carbocycles. The molecule has 1 aliphatic rings. The van der Waals surface area contributed by atoms with Crippen LogP contribution in [0.15, 0.2) is 54.6 Å². The molecule has 202 valence electrons. The van der Waals surface area contributed by atoms with Crippen molar-refractivity contribution in [3.05, 3.63) is 60.2 Å². The molecule has 1 aliphatic carbocycles. The zero-order valence-corrected chi connectivity index (χ0v) is 24.1. The summed E-state index contributed by atoms with van der Waals surface area (Å²) in [5, 5.41) is 0. The Hall–Kier alpha value is -1.76. The molecular formula is C31H43NO3S2. The summed E-state index contributed by atoms with van der Waals surface area (Å²) < 4.78 is 5.00. The van der Waals surface area contributed by atoms with Gasteiger partial charge in [0.2, 0.25) is 0 Å². The summed E-state index contributed by atoms with van der Waals surface area (Å²) in [4.78, 5) is 26.8. The predicted octanol–water partition coefficient (Wildman–Crippen LogP) is 7.64. The van der Waals surface area contributed by atoms with Gasteiger partial charge in [0, 0.05) is 18.2 Å². The average molecular weight is 542 g/mol. The quantitative estimate of drug-likeness (QED) is 0.185. The molecule has 0 radical (unpaired) electrons. The molecule has 2 aromatic carbocycles. The van der Waals surface area contributed by atoms with E-state index in [-0.39, 0.29) is 24.2 Å². The Bertz CT molecular complexity index is 958. The van der Waals surface area contributed by atoms with Crippen molar-refractivity contribution >= 4 is 33.3 Å². The van der Waals surface area contributed by atoms with Crippen LogP contribution in [0.4, 0.5) is 0 Å². The van der Waals surface area contributed by atoms with Gasteiger partial charge in [-0.2, -0.15) is 0 Å². The van der Waals surface area contributed by atoms with Crippen LogP contribution in [0.2, 0.25) is 0 Å². The number of carbonyl (C=O) groups is 2. The smallest absolute Gasteiger partial charge is 0.309 e. The lowest BCUT2D eigenvalue weighted by atomic mass is 9.81. The molecule has 2 atom stereocenters. The first-order chi connectivity index (χ1) is 18.0. The Morgan fingerprint density at radius 2 is 1.65 bits per heavy atom. The summed E-state index contributed by atoms with van der Waals surface area (Å²) in [7, 11) is 3.47. The lowest BCUT2D eigenvalue weighted by Gasteiger charge is -2.35. The summed E-state index contributed by atoms with van der Waals surface area (Å²) in [6.07, 6.45) is 9.12. The van der Waals surface area contributed by atoms with Crippen molar-refractivity contribution in [3.63, 3.8) is 0 Å². The zero-order chi connectivity index (χ0) is 26.5. The maximum absolute atomic E-state index is 13.8. The number of Topliss-reactive ketones (excluding diaryl/α,β-unsaturated/α-hetero) is 1. The van der Waals surface area contributed by atoms with Crippen LogP contribution < -0.4 is 5.73 Å². The van der Waals surface area contributed by atoms with Crippen LogP contribution in [-0.4, -0.2) is 34.9 Å². The molecule has 2 N–H and O–H groups in total. The predicted molar refractivity (Wildman–Crippen MR) is 159 cm³/mol. The second-order valence-electron chi connectivity index (χ2n) is 10.2. The number of carbonyl (C=O) groups excluding carboxylic acids is 2. The highest BCUT2D eigenvalue weighted by Gasteiger charge is 2.42. The number of esters is 1. The van der Waals surface area contributed by atoms with Gasteiger partial charge in [-0.25, -0.2) is 0 Å². The fraction of sp³-hybridized carbons (Fsp3) is 0.548. The zero-order valence-electron chi connectivity index (χ0n) is 22.5. The molecule has 0 heterocycles. The summed E-state index contributed by atoms with van der Waals surface area (Å²) in [6, 6.07) is 18.7. The largest absolute Gasteiger partial charge is 0.466 e. The van der Waals surface area contributed by atoms with Gasteiger partial charge in [0.1, 0.15) is 0 Å². The SMILES string of the molecule is CCCCC(N)CSSC1(C(=O)CC(Cc2ccc(-c3ccccc3)cc2)C(=O)OCC)CCCCC1. The lowest BCUT2D eigenvalue weighted by molar-refractivity contribution is -0.149. The van der Waals surface area contributed by atoms with Crippen LogP contribution in [0.5, 0.6) is 0 Å². The molecule has 2 unspecified atom stereocenters. The molecule has 0 aromatic heterocycles. The van der Waals surface area contributed by atoms with E-state index in [0.29, 0.717) is 13.0 Å². The fourth-order valence-electron chi connectivity index (χ4n) is 4.97. The summed E-state index contributed by atoms with van der Waals surface area (Å²) in [5.74, 6) is 0.319. The Morgan fingerprint density at radius 1 is 0.973 bits per heavy atom. The molecule has 6 heteroatoms. The minimum absolute atomic E-state index is 0.166. The van der Waals surface area contributed by atoms with E-state index < -0.39 is 10.7 Å². The van der Waals surface area contributed by atoms with Gasteiger partial charge in [-0.05, 0) is 49.3 Å². The van der Waals surface area contributed by atoms with Gasteiger partial charge in [0.25, 0.3) is 0 Å². The molecule has 4 nitrogen and oxygen atoms in total. The van der Waals surface area contributed by atoms with E-state index in [9.17, 15) is 9.59 Å². The lowest BCUT2D eigenvalue weighted by Crippen LogP contribution is -2.39. The highest BCUT2D eigenvalue weighted by atomic mass is 33.1. The normalized spacial score (nSPS) is 16.6. The number of rotatable bonds is 15. The molecule has 2 aromatic rings. The van der Waals surface area contributed by atoms with Gasteiger partial charge in [0.05, 0.1) is 17.3 Å². The summed E-state index contributed by atoms with van der Waals surface area (Å²) >= 11 is 0. The van der Waals surface area contributed by atoms with Crippen molar-refractivity contribution in [2.24, 2.45) is 11.7 Å². The van der Waals surface area contributed by atoms with Crippen LogP contribution >= 0.6 is 21.6 Å². The first-order valence-corrected chi connectivity index (χ1v) is 16.2. The van der Waals surface area contributed by atoms with Crippen molar-refractivity contribution in [3.8, 4) is 11.1 Å². The number of ketones is 1. The molecule has 0 amide bonds. The van der Waals surface area contributed by atoms with E-state index >= 15 is 0 Å². The third-order valence-corrected chi connectivity index (χ3v) is 10.5. The van der Waals surface area contributed by atoms with Gasteiger partial charge < -0.3 is 10.5 Å². The number of nitrogens with two attached hydrogens (primary N) is 1. The standard InChI is InChI=1S/C31H43NO3S2/c1-3-5-14-28(32)23-36-37-31(19-10-7-11-20-31)29(33)22-27(30(34)35-4-2)21-24-15-17-26(18-16-24)25-12-8-6-9-13-25/h6,8-9,12-13,15-18,27-28H,3-5,7,10-11,14,19-23,32H2,1-2H3. The number of unbranched alkanes of at least 4 members (excludes halogenated alkanes) is 1. The minimum Gasteiger partial charge on any atom is -0.466 e. The van der Waals surface area contributed by atoms with E-state index in [0.717, 1.165) is 67.4 Å². The van der Waals surface area contributed by atoms with Crippen LogP contribution in [0, 0.1) is 5.92 Å². The fourth-order valence-corrected chi connectivity index (χ4v) is 8.42.